The van der Waals surface area contributed by atoms with Crippen molar-refractivity contribution in [3.63, 3.8) is 0 Å². The van der Waals surface area contributed by atoms with Crippen molar-refractivity contribution in [3.8, 4) is 0 Å². The summed E-state index contributed by atoms with van der Waals surface area (Å²) in [6, 6.07) is 0.246. The van der Waals surface area contributed by atoms with Gasteiger partial charge in [0.25, 0.3) is 0 Å². The molecular weight excluding hydrogens is 334 g/mol. The zero-order valence-corrected chi connectivity index (χ0v) is 13.2. The summed E-state index contributed by atoms with van der Waals surface area (Å²) in [5, 5.41) is 11.1. The van der Waals surface area contributed by atoms with E-state index < -0.39 is 53.2 Å². The Morgan fingerprint density at radius 3 is 2.29 bits per heavy atom. The number of amides is 1. The lowest BCUT2D eigenvalue weighted by Crippen LogP contribution is -2.44. The molecule has 0 aromatic heterocycles. The normalized spacial score (nSPS) is 13.3. The monoisotopic (exact) mass is 351 g/mol. The Labute approximate surface area is 135 Å². The number of rotatable bonds is 4. The predicted octanol–water partition coefficient (Wildman–Crippen LogP) is 3.36. The lowest BCUT2D eigenvalue weighted by molar-refractivity contribution is -0.141. The molecule has 5 nitrogen and oxygen atoms in total. The van der Waals surface area contributed by atoms with Crippen LogP contribution in [0.1, 0.15) is 31.9 Å². The maximum absolute atomic E-state index is 13.1. The molecule has 0 fully saturated rings. The lowest BCUT2D eigenvalue weighted by Gasteiger charge is -2.22. The first-order valence-corrected chi connectivity index (χ1v) is 6.87. The van der Waals surface area contributed by atoms with Crippen molar-refractivity contribution in [1.82, 2.24) is 5.32 Å². The van der Waals surface area contributed by atoms with Crippen LogP contribution in [0.3, 0.4) is 0 Å². The third-order valence-electron chi connectivity index (χ3n) is 2.79. The second kappa shape index (κ2) is 7.06. The van der Waals surface area contributed by atoms with Crippen LogP contribution in [0.25, 0.3) is 0 Å². The highest BCUT2D eigenvalue weighted by atomic mass is 19.4. The van der Waals surface area contributed by atoms with Crippen molar-refractivity contribution in [1.29, 1.82) is 0 Å². The molecule has 1 unspecified atom stereocenters. The highest BCUT2D eigenvalue weighted by molar-refractivity contribution is 5.80. The molecule has 0 aliphatic rings. The Hall–Kier alpha value is -2.32. The number of ether oxygens (including phenoxy) is 1. The van der Waals surface area contributed by atoms with Gasteiger partial charge in [-0.1, -0.05) is 6.07 Å². The van der Waals surface area contributed by atoms with Crippen LogP contribution in [0.15, 0.2) is 18.2 Å². The van der Waals surface area contributed by atoms with Crippen molar-refractivity contribution in [3.05, 3.63) is 35.1 Å². The second-order valence-electron chi connectivity index (χ2n) is 6.04. The largest absolute Gasteiger partial charge is 0.480 e. The molecule has 1 aromatic rings. The molecule has 1 atom stereocenters. The topological polar surface area (TPSA) is 75.6 Å². The average molecular weight is 351 g/mol. The Kier molecular flexibility index (Phi) is 5.80. The summed E-state index contributed by atoms with van der Waals surface area (Å²) in [5.74, 6) is -2.64. The number of aliphatic carboxylic acids is 1. The molecular formula is C15H17F4NO4. The number of carbonyl (C=O) groups excluding carboxylic acids is 1. The maximum atomic E-state index is 13.1. The predicted molar refractivity (Wildman–Crippen MR) is 75.9 cm³/mol. The minimum absolute atomic E-state index is 0.279. The molecule has 134 valence electrons. The average Bonchev–Trinajstić information content (AvgIpc) is 2.36. The molecule has 1 rings (SSSR count). The highest BCUT2D eigenvalue weighted by Gasteiger charge is 2.35. The molecule has 2 N–H and O–H groups in total. The van der Waals surface area contributed by atoms with E-state index in [0.29, 0.717) is 0 Å². The number of hydrogen-bond acceptors (Lipinski definition) is 3. The summed E-state index contributed by atoms with van der Waals surface area (Å²) in [4.78, 5) is 22.8. The standard InChI is InChI=1S/C15H17F4NO4/c1-14(2,3)24-13(23)20-11(12(21)22)6-8-4-5-9(16)7-10(8)15(17,18)19/h4-5,7,11H,6H2,1-3H3,(H,20,23)(H,21,22). The van der Waals surface area contributed by atoms with Crippen LogP contribution in [0.2, 0.25) is 0 Å². The fourth-order valence-corrected chi connectivity index (χ4v) is 1.86. The van der Waals surface area contributed by atoms with E-state index in [1.807, 2.05) is 5.32 Å². The van der Waals surface area contributed by atoms with E-state index in [1.165, 1.54) is 0 Å². The van der Waals surface area contributed by atoms with Crippen molar-refractivity contribution < 1.29 is 37.0 Å². The van der Waals surface area contributed by atoms with E-state index in [-0.39, 0.29) is 6.07 Å². The van der Waals surface area contributed by atoms with Crippen LogP contribution in [0.4, 0.5) is 22.4 Å². The van der Waals surface area contributed by atoms with Crippen LogP contribution in [0, 0.1) is 5.82 Å². The molecule has 1 aromatic carbocycles. The molecule has 0 heterocycles. The zero-order chi connectivity index (χ0) is 18.7. The quantitative estimate of drug-likeness (QED) is 0.816. The molecule has 0 bridgehead atoms. The van der Waals surface area contributed by atoms with Crippen molar-refractivity contribution in [2.75, 3.05) is 0 Å². The molecule has 9 heteroatoms. The number of benzene rings is 1. The van der Waals surface area contributed by atoms with Gasteiger partial charge in [0.05, 0.1) is 5.56 Å². The molecule has 0 radical (unpaired) electrons. The van der Waals surface area contributed by atoms with Gasteiger partial charge in [0.2, 0.25) is 0 Å². The van der Waals surface area contributed by atoms with E-state index in [4.69, 9.17) is 9.84 Å². The van der Waals surface area contributed by atoms with Crippen molar-refractivity contribution in [2.45, 2.75) is 45.0 Å². The minimum Gasteiger partial charge on any atom is -0.480 e. The molecule has 0 aliphatic carbocycles. The fourth-order valence-electron chi connectivity index (χ4n) is 1.86. The summed E-state index contributed by atoms with van der Waals surface area (Å²) in [6.45, 7) is 4.64. The van der Waals surface area contributed by atoms with Gasteiger partial charge in [-0.05, 0) is 38.5 Å². The van der Waals surface area contributed by atoms with Gasteiger partial charge in [-0.15, -0.1) is 0 Å². The van der Waals surface area contributed by atoms with Gasteiger partial charge in [0, 0.05) is 6.42 Å². The van der Waals surface area contributed by atoms with Gasteiger partial charge < -0.3 is 15.2 Å². The third kappa shape index (κ3) is 6.05. The maximum Gasteiger partial charge on any atom is 0.416 e. The minimum atomic E-state index is -4.85. The lowest BCUT2D eigenvalue weighted by atomic mass is 9.99. The Morgan fingerprint density at radius 1 is 1.25 bits per heavy atom. The number of carboxylic acids is 1. The SMILES string of the molecule is CC(C)(C)OC(=O)NC(Cc1ccc(F)cc1C(F)(F)F)C(=O)O. The van der Waals surface area contributed by atoms with Gasteiger partial charge in [0.15, 0.2) is 0 Å². The number of carboxylic acid groups (broad SMARTS) is 1. The van der Waals surface area contributed by atoms with E-state index in [9.17, 15) is 27.2 Å². The molecule has 24 heavy (non-hydrogen) atoms. The van der Waals surface area contributed by atoms with Gasteiger partial charge in [-0.3, -0.25) is 0 Å². The number of halogens is 4. The highest BCUT2D eigenvalue weighted by Crippen LogP contribution is 2.33. The van der Waals surface area contributed by atoms with E-state index >= 15 is 0 Å². The summed E-state index contributed by atoms with van der Waals surface area (Å²) >= 11 is 0. The Bertz CT molecular complexity index is 623. The zero-order valence-electron chi connectivity index (χ0n) is 13.2. The molecule has 0 aliphatic heterocycles. The van der Waals surface area contributed by atoms with Crippen molar-refractivity contribution >= 4 is 12.1 Å². The van der Waals surface area contributed by atoms with Gasteiger partial charge in [-0.25, -0.2) is 14.0 Å². The van der Waals surface area contributed by atoms with Crippen LogP contribution in [-0.4, -0.2) is 28.8 Å². The summed E-state index contributed by atoms with van der Waals surface area (Å²) in [5.41, 5.74) is -2.65. The fraction of sp³-hybridized carbons (Fsp3) is 0.467. The van der Waals surface area contributed by atoms with E-state index in [0.717, 1.165) is 12.1 Å². The van der Waals surface area contributed by atoms with E-state index in [1.54, 1.807) is 20.8 Å². The Balaban J connectivity index is 3.02. The van der Waals surface area contributed by atoms with Crippen LogP contribution >= 0.6 is 0 Å². The number of hydrogen-bond donors (Lipinski definition) is 2. The number of carbonyl (C=O) groups is 2. The van der Waals surface area contributed by atoms with Crippen LogP contribution in [0.5, 0.6) is 0 Å². The third-order valence-corrected chi connectivity index (χ3v) is 2.79. The first-order valence-electron chi connectivity index (χ1n) is 6.87. The first kappa shape index (κ1) is 19.7. The molecule has 0 spiro atoms. The van der Waals surface area contributed by atoms with E-state index in [2.05, 4.69) is 0 Å². The molecule has 0 saturated heterocycles. The van der Waals surface area contributed by atoms with Crippen molar-refractivity contribution in [2.24, 2.45) is 0 Å². The summed E-state index contributed by atoms with van der Waals surface area (Å²) in [7, 11) is 0. The number of alkyl carbamates (subject to hydrolysis) is 1. The van der Waals surface area contributed by atoms with Gasteiger partial charge >= 0.3 is 18.2 Å². The Morgan fingerprint density at radius 2 is 1.83 bits per heavy atom. The van der Waals surface area contributed by atoms with Crippen LogP contribution in [-0.2, 0) is 22.1 Å². The second-order valence-corrected chi connectivity index (χ2v) is 6.04. The van der Waals surface area contributed by atoms with Crippen LogP contribution < -0.4 is 5.32 Å². The van der Waals surface area contributed by atoms with Gasteiger partial charge in [0.1, 0.15) is 17.5 Å². The molecule has 0 saturated carbocycles. The summed E-state index contributed by atoms with van der Waals surface area (Å²) < 4.78 is 56.8. The first-order chi connectivity index (χ1) is 10.8. The number of alkyl halides is 3. The number of nitrogens with one attached hydrogen (secondary N) is 1. The molecule has 1 amide bonds. The smallest absolute Gasteiger partial charge is 0.416 e. The summed E-state index contributed by atoms with van der Waals surface area (Å²) in [6.07, 6.45) is -6.61. The van der Waals surface area contributed by atoms with Gasteiger partial charge in [-0.2, -0.15) is 13.2 Å².